The molecular weight excluding hydrogens is 374 g/mol. The van der Waals surface area contributed by atoms with Gasteiger partial charge in [0.2, 0.25) is 0 Å². The molecule has 2 aromatic heterocycles. The molecule has 2 aromatic rings. The number of pyridine rings is 2. The van der Waals surface area contributed by atoms with Gasteiger partial charge in [-0.2, -0.15) is 0 Å². The highest BCUT2D eigenvalue weighted by Crippen LogP contribution is 2.10. The highest BCUT2D eigenvalue weighted by atomic mass is 32.2. The van der Waals surface area contributed by atoms with E-state index in [0.29, 0.717) is 24.8 Å². The van der Waals surface area contributed by atoms with Gasteiger partial charge in [-0.3, -0.25) is 4.98 Å². The van der Waals surface area contributed by atoms with Crippen LogP contribution in [0.2, 0.25) is 0 Å². The minimum atomic E-state index is -1.57. The van der Waals surface area contributed by atoms with Crippen LogP contribution in [-0.4, -0.2) is 45.5 Å². The molecule has 1 atom stereocenters. The molecule has 0 radical (unpaired) electrons. The van der Waals surface area contributed by atoms with Gasteiger partial charge in [0.15, 0.2) is 11.7 Å². The SMILES string of the molecule is CCCN(CCCNC1=NS(=O)N=C1NCc1ccncc1)c1ccccn1. The number of hydrogen-bond donors (Lipinski definition) is 2. The lowest BCUT2D eigenvalue weighted by Gasteiger charge is -2.23. The molecular formula is C19H25N7OS. The van der Waals surface area contributed by atoms with E-state index in [9.17, 15) is 4.21 Å². The van der Waals surface area contributed by atoms with Crippen LogP contribution in [0, 0.1) is 0 Å². The van der Waals surface area contributed by atoms with Gasteiger partial charge in [0.05, 0.1) is 0 Å². The van der Waals surface area contributed by atoms with Gasteiger partial charge in [-0.15, -0.1) is 8.80 Å². The second-order valence-electron chi connectivity index (χ2n) is 6.27. The van der Waals surface area contributed by atoms with E-state index in [4.69, 9.17) is 0 Å². The molecule has 0 amide bonds. The van der Waals surface area contributed by atoms with Gasteiger partial charge < -0.3 is 15.5 Å². The van der Waals surface area contributed by atoms with Crippen molar-refractivity contribution in [1.82, 2.24) is 20.6 Å². The van der Waals surface area contributed by atoms with E-state index in [2.05, 4.69) is 41.2 Å². The second kappa shape index (κ2) is 10.5. The topological polar surface area (TPSA) is 94.9 Å². The van der Waals surface area contributed by atoms with E-state index in [0.717, 1.165) is 37.3 Å². The molecule has 0 aliphatic carbocycles. The molecule has 1 unspecified atom stereocenters. The molecule has 2 N–H and O–H groups in total. The minimum absolute atomic E-state index is 0.533. The van der Waals surface area contributed by atoms with Crippen molar-refractivity contribution in [2.45, 2.75) is 26.3 Å². The van der Waals surface area contributed by atoms with E-state index >= 15 is 0 Å². The molecule has 1 aliphatic rings. The van der Waals surface area contributed by atoms with Gasteiger partial charge in [-0.05, 0) is 42.7 Å². The molecule has 0 fully saturated rings. The maximum Gasteiger partial charge on any atom is 0.269 e. The summed E-state index contributed by atoms with van der Waals surface area (Å²) in [5.41, 5.74) is 1.07. The van der Waals surface area contributed by atoms with Crippen molar-refractivity contribution in [1.29, 1.82) is 0 Å². The van der Waals surface area contributed by atoms with Crippen molar-refractivity contribution in [3.63, 3.8) is 0 Å². The largest absolute Gasteiger partial charge is 0.366 e. The molecule has 0 aromatic carbocycles. The summed E-state index contributed by atoms with van der Waals surface area (Å²) < 4.78 is 19.8. The summed E-state index contributed by atoms with van der Waals surface area (Å²) in [6.07, 6.45) is 7.26. The quantitative estimate of drug-likeness (QED) is 0.625. The van der Waals surface area contributed by atoms with Crippen molar-refractivity contribution in [3.8, 4) is 0 Å². The lowest BCUT2D eigenvalue weighted by atomic mass is 10.2. The van der Waals surface area contributed by atoms with Gasteiger partial charge in [0, 0.05) is 44.8 Å². The fourth-order valence-corrected chi connectivity index (χ4v) is 3.47. The van der Waals surface area contributed by atoms with Crippen LogP contribution in [-0.2, 0) is 17.7 Å². The Hall–Kier alpha value is -2.81. The highest BCUT2D eigenvalue weighted by Gasteiger charge is 2.18. The molecule has 3 heterocycles. The summed E-state index contributed by atoms with van der Waals surface area (Å²) in [5, 5.41) is 6.44. The van der Waals surface area contributed by atoms with Gasteiger partial charge in [-0.1, -0.05) is 13.0 Å². The Bertz CT molecular complexity index is 827. The Morgan fingerprint density at radius 2 is 1.79 bits per heavy atom. The van der Waals surface area contributed by atoms with Crippen LogP contribution in [0.15, 0.2) is 57.7 Å². The van der Waals surface area contributed by atoms with Crippen molar-refractivity contribution in [2.24, 2.45) is 8.80 Å². The fraction of sp³-hybridized carbons (Fsp3) is 0.368. The van der Waals surface area contributed by atoms with Gasteiger partial charge >= 0.3 is 0 Å². The van der Waals surface area contributed by atoms with Crippen LogP contribution in [0.3, 0.4) is 0 Å². The number of hydrogen-bond acceptors (Lipinski definition) is 6. The third-order valence-electron chi connectivity index (χ3n) is 4.14. The summed E-state index contributed by atoms with van der Waals surface area (Å²) in [4.78, 5) is 10.7. The fourth-order valence-electron chi connectivity index (χ4n) is 2.81. The maximum atomic E-state index is 11.7. The Kier molecular flexibility index (Phi) is 7.48. The van der Waals surface area contributed by atoms with Crippen LogP contribution in [0.1, 0.15) is 25.3 Å². The molecule has 0 spiro atoms. The zero-order valence-corrected chi connectivity index (χ0v) is 16.7. The number of anilines is 1. The summed E-state index contributed by atoms with van der Waals surface area (Å²) in [7, 11) is 0. The first kappa shape index (κ1) is 19.9. The Morgan fingerprint density at radius 3 is 2.50 bits per heavy atom. The number of amidine groups is 2. The van der Waals surface area contributed by atoms with Crippen LogP contribution < -0.4 is 15.5 Å². The van der Waals surface area contributed by atoms with Gasteiger partial charge in [0.1, 0.15) is 5.82 Å². The minimum Gasteiger partial charge on any atom is -0.366 e. The lowest BCUT2D eigenvalue weighted by molar-refractivity contribution is 0.685. The van der Waals surface area contributed by atoms with Gasteiger partial charge in [-0.25, -0.2) is 9.19 Å². The first-order valence-electron chi connectivity index (χ1n) is 9.38. The second-order valence-corrected chi connectivity index (χ2v) is 7.10. The molecule has 0 saturated heterocycles. The maximum absolute atomic E-state index is 11.7. The van der Waals surface area contributed by atoms with E-state index in [1.165, 1.54) is 0 Å². The number of nitrogens with one attached hydrogen (secondary N) is 2. The zero-order valence-electron chi connectivity index (χ0n) is 15.9. The standard InChI is InChI=1S/C19H25N7OS/c1-2-13-26(17-6-3-4-9-21-17)14-5-10-22-18-19(25-28(27)24-18)23-15-16-7-11-20-12-8-16/h3-4,6-9,11-12H,2,5,10,13-15H2,1H3,(H,22,24)(H,23,25). The summed E-state index contributed by atoms with van der Waals surface area (Å²) >= 11 is -1.57. The molecule has 1 aliphatic heterocycles. The van der Waals surface area contributed by atoms with Crippen LogP contribution >= 0.6 is 0 Å². The summed E-state index contributed by atoms with van der Waals surface area (Å²) in [6.45, 7) is 5.28. The summed E-state index contributed by atoms with van der Waals surface area (Å²) in [6, 6.07) is 9.80. The molecule has 9 heteroatoms. The van der Waals surface area contributed by atoms with Gasteiger partial charge in [0.25, 0.3) is 11.2 Å². The Labute approximate surface area is 168 Å². The van der Waals surface area contributed by atoms with Crippen molar-refractivity contribution >= 4 is 28.7 Å². The number of nitrogens with zero attached hydrogens (tertiary/aromatic N) is 5. The monoisotopic (exact) mass is 399 g/mol. The zero-order chi connectivity index (χ0) is 19.6. The number of aromatic nitrogens is 2. The van der Waals surface area contributed by atoms with Crippen LogP contribution in [0.25, 0.3) is 0 Å². The molecule has 8 nitrogen and oxygen atoms in total. The van der Waals surface area contributed by atoms with Crippen molar-refractivity contribution in [2.75, 3.05) is 24.5 Å². The first-order chi connectivity index (χ1) is 13.8. The van der Waals surface area contributed by atoms with E-state index in [1.54, 1.807) is 12.4 Å². The van der Waals surface area contributed by atoms with E-state index in [-0.39, 0.29) is 0 Å². The smallest absolute Gasteiger partial charge is 0.269 e. The van der Waals surface area contributed by atoms with E-state index in [1.807, 2.05) is 36.5 Å². The Balaban J connectivity index is 1.47. The molecule has 148 valence electrons. The normalized spacial score (nSPS) is 15.7. The predicted molar refractivity (Wildman–Crippen MR) is 113 cm³/mol. The highest BCUT2D eigenvalue weighted by molar-refractivity contribution is 7.83. The average Bonchev–Trinajstić information content (AvgIpc) is 3.09. The van der Waals surface area contributed by atoms with E-state index < -0.39 is 11.2 Å². The third-order valence-corrected chi connectivity index (χ3v) is 4.81. The third kappa shape index (κ3) is 5.85. The molecule has 0 saturated carbocycles. The van der Waals surface area contributed by atoms with Crippen molar-refractivity contribution < 1.29 is 4.21 Å². The van der Waals surface area contributed by atoms with Crippen molar-refractivity contribution in [3.05, 3.63) is 54.5 Å². The molecule has 0 bridgehead atoms. The molecule has 28 heavy (non-hydrogen) atoms. The predicted octanol–water partition coefficient (Wildman–Crippen LogP) is 1.85. The summed E-state index contributed by atoms with van der Waals surface area (Å²) in [5.74, 6) is 2.07. The molecule has 3 rings (SSSR count). The number of rotatable bonds is 9. The Morgan fingerprint density at radius 1 is 1.00 bits per heavy atom. The lowest BCUT2D eigenvalue weighted by Crippen LogP contribution is -2.39. The van der Waals surface area contributed by atoms with Crippen LogP contribution in [0.5, 0.6) is 0 Å². The first-order valence-corrected chi connectivity index (χ1v) is 10.4. The average molecular weight is 400 g/mol. The van der Waals surface area contributed by atoms with Crippen LogP contribution in [0.4, 0.5) is 5.82 Å².